The van der Waals surface area contributed by atoms with Crippen LogP contribution in [0.1, 0.15) is 65.2 Å². The van der Waals surface area contributed by atoms with Crippen LogP contribution < -0.4 is 5.73 Å². The second kappa shape index (κ2) is 8.13. The number of hydrogen-bond donors (Lipinski definition) is 2. The van der Waals surface area contributed by atoms with E-state index in [2.05, 4.69) is 6.92 Å². The lowest BCUT2D eigenvalue weighted by Crippen LogP contribution is -2.43. The minimum Gasteiger partial charge on any atom is -0.394 e. The summed E-state index contributed by atoms with van der Waals surface area (Å²) in [7, 11) is 0. The van der Waals surface area contributed by atoms with E-state index in [0.29, 0.717) is 6.10 Å². The average molecular weight is 257 g/mol. The molecular formula is C15H31NO2. The molecule has 1 saturated carbocycles. The predicted octanol–water partition coefficient (Wildman–Crippen LogP) is 2.85. The number of aliphatic hydroxyl groups excluding tert-OH is 1. The van der Waals surface area contributed by atoms with E-state index in [4.69, 9.17) is 10.5 Å². The Kier molecular flexibility index (Phi) is 7.20. The van der Waals surface area contributed by atoms with Crippen LogP contribution in [0, 0.1) is 5.92 Å². The van der Waals surface area contributed by atoms with Crippen LogP contribution in [-0.4, -0.2) is 30.0 Å². The molecule has 0 aliphatic heterocycles. The van der Waals surface area contributed by atoms with Crippen molar-refractivity contribution in [2.24, 2.45) is 11.7 Å². The van der Waals surface area contributed by atoms with Crippen molar-refractivity contribution in [3.05, 3.63) is 0 Å². The summed E-state index contributed by atoms with van der Waals surface area (Å²) in [6, 6.07) is 0. The molecule has 0 saturated heterocycles. The van der Waals surface area contributed by atoms with Crippen LogP contribution in [0.3, 0.4) is 0 Å². The van der Waals surface area contributed by atoms with Crippen LogP contribution in [0.2, 0.25) is 0 Å². The maximum absolute atomic E-state index is 9.23. The Balaban J connectivity index is 2.14. The van der Waals surface area contributed by atoms with E-state index in [1.807, 2.05) is 6.92 Å². The molecule has 0 aromatic heterocycles. The molecule has 0 radical (unpaired) electrons. The van der Waals surface area contributed by atoms with Crippen LogP contribution >= 0.6 is 0 Å². The van der Waals surface area contributed by atoms with E-state index in [9.17, 15) is 5.11 Å². The molecular weight excluding hydrogens is 226 g/mol. The second-order valence-electron chi connectivity index (χ2n) is 5.91. The van der Waals surface area contributed by atoms with Crippen molar-refractivity contribution in [3.8, 4) is 0 Å². The molecule has 1 rings (SSSR count). The van der Waals surface area contributed by atoms with Crippen LogP contribution in [0.4, 0.5) is 0 Å². The van der Waals surface area contributed by atoms with E-state index >= 15 is 0 Å². The first-order valence-electron chi connectivity index (χ1n) is 7.65. The lowest BCUT2D eigenvalue weighted by atomic mass is 9.85. The minimum atomic E-state index is -0.401. The summed E-state index contributed by atoms with van der Waals surface area (Å²) in [5.41, 5.74) is 5.65. The number of aliphatic hydroxyl groups is 1. The largest absolute Gasteiger partial charge is 0.394 e. The Morgan fingerprint density at radius 2 is 2.11 bits per heavy atom. The van der Waals surface area contributed by atoms with Gasteiger partial charge in [-0.2, -0.15) is 0 Å². The second-order valence-corrected chi connectivity index (χ2v) is 5.91. The van der Waals surface area contributed by atoms with Gasteiger partial charge < -0.3 is 15.6 Å². The molecule has 3 heteroatoms. The van der Waals surface area contributed by atoms with Gasteiger partial charge >= 0.3 is 0 Å². The molecule has 0 bridgehead atoms. The third-order valence-corrected chi connectivity index (χ3v) is 4.50. The smallest absolute Gasteiger partial charge is 0.0611 e. The molecule has 0 spiro atoms. The Hall–Kier alpha value is -0.120. The van der Waals surface area contributed by atoms with Gasteiger partial charge in [0.15, 0.2) is 0 Å². The van der Waals surface area contributed by atoms with Crippen molar-refractivity contribution in [2.45, 2.75) is 76.9 Å². The number of nitrogens with two attached hydrogens (primary N) is 1. The fourth-order valence-electron chi connectivity index (χ4n) is 2.81. The van der Waals surface area contributed by atoms with E-state index in [1.165, 1.54) is 32.1 Å². The highest BCUT2D eigenvalue weighted by Crippen LogP contribution is 2.28. The maximum atomic E-state index is 9.23. The van der Waals surface area contributed by atoms with Crippen LogP contribution in [0.15, 0.2) is 0 Å². The van der Waals surface area contributed by atoms with Gasteiger partial charge in [0.05, 0.1) is 12.7 Å². The van der Waals surface area contributed by atoms with Crippen LogP contribution in [0.5, 0.6) is 0 Å². The highest BCUT2D eigenvalue weighted by molar-refractivity contribution is 4.81. The zero-order chi connectivity index (χ0) is 13.4. The predicted molar refractivity (Wildman–Crippen MR) is 75.5 cm³/mol. The number of rotatable bonds is 8. The van der Waals surface area contributed by atoms with Crippen LogP contribution in [-0.2, 0) is 4.74 Å². The van der Waals surface area contributed by atoms with E-state index in [0.717, 1.165) is 31.8 Å². The first-order valence-corrected chi connectivity index (χ1v) is 7.65. The summed E-state index contributed by atoms with van der Waals surface area (Å²) in [6.07, 6.45) is 9.53. The number of hydrogen-bond acceptors (Lipinski definition) is 3. The van der Waals surface area contributed by atoms with Crippen molar-refractivity contribution >= 4 is 0 Å². The lowest BCUT2D eigenvalue weighted by Gasteiger charge is -2.29. The summed E-state index contributed by atoms with van der Waals surface area (Å²) < 4.78 is 5.96. The van der Waals surface area contributed by atoms with Crippen molar-refractivity contribution in [3.63, 3.8) is 0 Å². The van der Waals surface area contributed by atoms with Crippen LogP contribution in [0.25, 0.3) is 0 Å². The fourth-order valence-corrected chi connectivity index (χ4v) is 2.81. The zero-order valence-corrected chi connectivity index (χ0v) is 12.2. The van der Waals surface area contributed by atoms with Gasteiger partial charge in [-0.3, -0.25) is 0 Å². The van der Waals surface area contributed by atoms with Gasteiger partial charge in [-0.05, 0) is 38.0 Å². The van der Waals surface area contributed by atoms with Crippen molar-refractivity contribution < 1.29 is 9.84 Å². The molecule has 0 heterocycles. The molecule has 0 amide bonds. The molecule has 3 N–H and O–H groups in total. The highest BCUT2D eigenvalue weighted by atomic mass is 16.5. The fraction of sp³-hybridized carbons (Fsp3) is 1.00. The third kappa shape index (κ3) is 5.25. The molecule has 1 aliphatic carbocycles. The van der Waals surface area contributed by atoms with Crippen molar-refractivity contribution in [1.29, 1.82) is 0 Å². The molecule has 18 heavy (non-hydrogen) atoms. The minimum absolute atomic E-state index is 0.0742. The Bertz CT molecular complexity index is 217. The van der Waals surface area contributed by atoms with Gasteiger partial charge in [0.1, 0.15) is 0 Å². The molecule has 108 valence electrons. The SMILES string of the molecule is CCC1CCCC(OCCCC(N)(CC)CO)C1. The van der Waals surface area contributed by atoms with Gasteiger partial charge in [0, 0.05) is 12.1 Å². The monoisotopic (exact) mass is 257 g/mol. The molecule has 1 aliphatic rings. The van der Waals surface area contributed by atoms with E-state index in [1.54, 1.807) is 0 Å². The summed E-state index contributed by atoms with van der Waals surface area (Å²) in [5, 5.41) is 9.23. The van der Waals surface area contributed by atoms with Crippen molar-refractivity contribution in [2.75, 3.05) is 13.2 Å². The Morgan fingerprint density at radius 1 is 1.33 bits per heavy atom. The molecule has 3 unspecified atom stereocenters. The summed E-state index contributed by atoms with van der Waals surface area (Å²) in [6.45, 7) is 5.17. The van der Waals surface area contributed by atoms with Gasteiger partial charge in [0.25, 0.3) is 0 Å². The maximum Gasteiger partial charge on any atom is 0.0611 e. The normalized spacial score (nSPS) is 28.0. The van der Waals surface area contributed by atoms with Gasteiger partial charge in [-0.1, -0.05) is 33.1 Å². The molecule has 0 aromatic carbocycles. The first kappa shape index (κ1) is 15.9. The third-order valence-electron chi connectivity index (χ3n) is 4.50. The topological polar surface area (TPSA) is 55.5 Å². The van der Waals surface area contributed by atoms with Crippen molar-refractivity contribution in [1.82, 2.24) is 0 Å². The summed E-state index contributed by atoms with van der Waals surface area (Å²) >= 11 is 0. The molecule has 0 aromatic rings. The summed E-state index contributed by atoms with van der Waals surface area (Å²) in [4.78, 5) is 0. The standard InChI is InChI=1S/C15H31NO2/c1-3-13-7-5-8-14(11-13)18-10-6-9-15(16,4-2)12-17/h13-14,17H,3-12,16H2,1-2H3. The molecule has 3 atom stereocenters. The summed E-state index contributed by atoms with van der Waals surface area (Å²) in [5.74, 6) is 0.866. The average Bonchev–Trinajstić information content (AvgIpc) is 2.43. The lowest BCUT2D eigenvalue weighted by molar-refractivity contribution is 0.00774. The van der Waals surface area contributed by atoms with Gasteiger partial charge in [-0.25, -0.2) is 0 Å². The molecule has 3 nitrogen and oxygen atoms in total. The number of ether oxygens (including phenoxy) is 1. The zero-order valence-electron chi connectivity index (χ0n) is 12.2. The van der Waals surface area contributed by atoms with E-state index in [-0.39, 0.29) is 6.61 Å². The first-order chi connectivity index (χ1) is 8.63. The highest BCUT2D eigenvalue weighted by Gasteiger charge is 2.23. The van der Waals surface area contributed by atoms with Gasteiger partial charge in [-0.15, -0.1) is 0 Å². The quantitative estimate of drug-likeness (QED) is 0.657. The Morgan fingerprint density at radius 3 is 2.72 bits per heavy atom. The Labute approximate surface area is 112 Å². The molecule has 1 fully saturated rings. The van der Waals surface area contributed by atoms with Gasteiger partial charge in [0.2, 0.25) is 0 Å². The van der Waals surface area contributed by atoms with E-state index < -0.39 is 5.54 Å².